The molecular formula is C46H52F3N9O5. The number of halogens is 3. The number of aromatic nitrogens is 4. The van der Waals surface area contributed by atoms with Gasteiger partial charge in [0.25, 0.3) is 5.91 Å². The van der Waals surface area contributed by atoms with E-state index in [1.54, 1.807) is 11.1 Å². The summed E-state index contributed by atoms with van der Waals surface area (Å²) in [6.45, 7) is 6.88. The number of amides is 3. The summed E-state index contributed by atoms with van der Waals surface area (Å²) < 4.78 is 54.9. The number of hydrogen-bond acceptors (Lipinski definition) is 11. The van der Waals surface area contributed by atoms with Crippen LogP contribution in [0.5, 0.6) is 5.75 Å². The van der Waals surface area contributed by atoms with Crippen LogP contribution >= 0.6 is 0 Å². The smallest absolute Gasteiger partial charge is 0.401 e. The summed E-state index contributed by atoms with van der Waals surface area (Å²) in [5.74, 6) is 1.10. The summed E-state index contributed by atoms with van der Waals surface area (Å²) in [5.41, 5.74) is 5.53. The number of hydrogen-bond donors (Lipinski definition) is 2. The minimum absolute atomic E-state index is 0.0985. The van der Waals surface area contributed by atoms with Crippen LogP contribution < -0.4 is 15.0 Å². The predicted molar refractivity (Wildman–Crippen MR) is 224 cm³/mol. The number of carbonyl (C=O) groups is 3. The molecule has 4 aromatic rings. The molecule has 3 amide bonds. The van der Waals surface area contributed by atoms with Crippen molar-refractivity contribution in [1.82, 2.24) is 40.4 Å². The number of nitrogens with one attached hydrogen (secondary N) is 2. The van der Waals surface area contributed by atoms with E-state index in [4.69, 9.17) is 9.47 Å². The van der Waals surface area contributed by atoms with Gasteiger partial charge in [-0.2, -0.15) is 23.4 Å². The normalized spacial score (nSPS) is 27.1. The van der Waals surface area contributed by atoms with E-state index in [9.17, 15) is 27.6 Å². The van der Waals surface area contributed by atoms with Crippen molar-refractivity contribution < 1.29 is 37.0 Å². The second kappa shape index (κ2) is 15.3. The average molecular weight is 868 g/mol. The van der Waals surface area contributed by atoms with Gasteiger partial charge in [-0.05, 0) is 113 Å². The monoisotopic (exact) mass is 867 g/mol. The van der Waals surface area contributed by atoms with Gasteiger partial charge in [-0.25, -0.2) is 0 Å². The number of alkyl halides is 3. The highest BCUT2D eigenvalue weighted by molar-refractivity contribution is 6.05. The van der Waals surface area contributed by atoms with Gasteiger partial charge in [-0.1, -0.05) is 12.1 Å². The Bertz CT molecular complexity index is 2450. The third kappa shape index (κ3) is 7.14. The molecule has 2 N–H and O–H groups in total. The average Bonchev–Trinajstić information content (AvgIpc) is 3.99. The largest absolute Gasteiger partial charge is 0.492 e. The quantitative estimate of drug-likeness (QED) is 0.247. The lowest BCUT2D eigenvalue weighted by atomic mass is 9.73. The van der Waals surface area contributed by atoms with Crippen LogP contribution in [0.4, 0.5) is 19.0 Å². The molecule has 1 unspecified atom stereocenters. The number of piperidine rings is 3. The van der Waals surface area contributed by atoms with Crippen LogP contribution in [0.25, 0.3) is 10.9 Å². The van der Waals surface area contributed by atoms with Gasteiger partial charge in [-0.15, -0.1) is 5.10 Å². The van der Waals surface area contributed by atoms with Crippen molar-refractivity contribution in [2.24, 2.45) is 5.92 Å². The summed E-state index contributed by atoms with van der Waals surface area (Å²) >= 11 is 0. The number of ether oxygens (including phenoxy) is 2. The highest BCUT2D eigenvalue weighted by atomic mass is 19.4. The maximum atomic E-state index is 13.9. The zero-order chi connectivity index (χ0) is 43.3. The lowest BCUT2D eigenvalue weighted by molar-refractivity contribution is -0.155. The van der Waals surface area contributed by atoms with Crippen molar-refractivity contribution in [3.05, 3.63) is 76.1 Å². The van der Waals surface area contributed by atoms with Crippen molar-refractivity contribution in [3.63, 3.8) is 0 Å². The van der Waals surface area contributed by atoms with Crippen LogP contribution in [0.1, 0.15) is 103 Å². The second-order valence-electron chi connectivity index (χ2n) is 19.1. The molecule has 0 bridgehead atoms. The number of benzene rings is 2. The third-order valence-electron chi connectivity index (χ3n) is 15.5. The van der Waals surface area contributed by atoms with Gasteiger partial charge in [0.15, 0.2) is 5.82 Å². The van der Waals surface area contributed by atoms with Crippen molar-refractivity contribution in [3.8, 4) is 5.75 Å². The first-order valence-electron chi connectivity index (χ1n) is 22.5. The third-order valence-corrected chi connectivity index (χ3v) is 15.5. The van der Waals surface area contributed by atoms with Crippen LogP contribution in [0, 0.1) is 5.92 Å². The Morgan fingerprint density at radius 3 is 2.48 bits per heavy atom. The van der Waals surface area contributed by atoms with E-state index in [0.717, 1.165) is 117 Å². The fraction of sp³-hybridized carbons (Fsp3) is 0.565. The van der Waals surface area contributed by atoms with Crippen molar-refractivity contribution in [2.75, 3.05) is 57.4 Å². The van der Waals surface area contributed by atoms with E-state index < -0.39 is 30.7 Å². The minimum atomic E-state index is -4.36. The molecule has 2 spiro atoms. The van der Waals surface area contributed by atoms with Crippen molar-refractivity contribution >= 4 is 34.4 Å². The number of anilines is 1. The molecule has 0 radical (unpaired) electrons. The molecule has 332 valence electrons. The van der Waals surface area contributed by atoms with Crippen LogP contribution in [-0.2, 0) is 32.7 Å². The van der Waals surface area contributed by atoms with Crippen LogP contribution in [0.2, 0.25) is 0 Å². The molecule has 7 aliphatic rings. The summed E-state index contributed by atoms with van der Waals surface area (Å²) in [6.07, 6.45) is 4.23. The highest BCUT2D eigenvalue weighted by Gasteiger charge is 2.49. The molecule has 63 heavy (non-hydrogen) atoms. The summed E-state index contributed by atoms with van der Waals surface area (Å²) in [7, 11) is 0. The molecule has 2 aromatic heterocycles. The molecular weight excluding hydrogens is 816 g/mol. The number of H-pyrrole nitrogens is 1. The van der Waals surface area contributed by atoms with E-state index in [1.165, 1.54) is 10.5 Å². The number of imide groups is 1. The Labute approximate surface area is 362 Å². The van der Waals surface area contributed by atoms with Gasteiger partial charge >= 0.3 is 6.18 Å². The molecule has 14 nitrogen and oxygen atoms in total. The zero-order valence-electron chi connectivity index (χ0n) is 35.4. The van der Waals surface area contributed by atoms with Crippen molar-refractivity contribution in [2.45, 2.75) is 107 Å². The number of rotatable bonds is 6. The number of nitrogens with zero attached hydrogens (tertiary/aromatic N) is 7. The number of carbonyl (C=O) groups excluding carboxylic acids is 3. The number of likely N-dealkylation sites (tertiary alicyclic amines) is 1. The molecule has 11 rings (SSSR count). The van der Waals surface area contributed by atoms with Gasteiger partial charge in [0.05, 0.1) is 55.4 Å². The van der Waals surface area contributed by atoms with E-state index >= 15 is 0 Å². The van der Waals surface area contributed by atoms with E-state index in [2.05, 4.69) is 41.6 Å². The molecule has 2 aromatic carbocycles. The van der Waals surface area contributed by atoms with Gasteiger partial charge in [0.1, 0.15) is 11.8 Å². The second-order valence-corrected chi connectivity index (χ2v) is 19.1. The first-order chi connectivity index (χ1) is 30.4. The first kappa shape index (κ1) is 40.6. The van der Waals surface area contributed by atoms with Crippen LogP contribution in [-0.4, -0.2) is 129 Å². The molecule has 4 atom stereocenters. The van der Waals surface area contributed by atoms with Gasteiger partial charge in [0, 0.05) is 59.6 Å². The van der Waals surface area contributed by atoms with E-state index in [0.29, 0.717) is 43.2 Å². The molecule has 7 aliphatic heterocycles. The van der Waals surface area contributed by atoms with E-state index in [1.807, 2.05) is 37.3 Å². The van der Waals surface area contributed by atoms with Gasteiger partial charge in [-0.3, -0.25) is 29.7 Å². The van der Waals surface area contributed by atoms with Crippen molar-refractivity contribution in [1.29, 1.82) is 0 Å². The number of aromatic amines is 1. The molecule has 0 aliphatic carbocycles. The Hall–Kier alpha value is -5.13. The fourth-order valence-corrected chi connectivity index (χ4v) is 11.9. The van der Waals surface area contributed by atoms with E-state index in [-0.39, 0.29) is 35.3 Å². The van der Waals surface area contributed by atoms with Crippen LogP contribution in [0.3, 0.4) is 0 Å². The predicted octanol–water partition coefficient (Wildman–Crippen LogP) is 5.20. The molecule has 17 heteroatoms. The lowest BCUT2D eigenvalue weighted by Crippen LogP contribution is -2.52. The SMILES string of the molecule is C[C@@H]1Cc2c(ccc3[nH]ncc23)[C@@H](c2ccc(N3CCC4(CCC(CN5CCC6(CC5)COc5c6ccc6c5CN([C@H]5CCC(=O)NC5=O)C6=O)CO4)CC3)nn2)N1CC(F)(F)F. The first-order valence-corrected chi connectivity index (χ1v) is 22.5. The highest BCUT2D eigenvalue weighted by Crippen LogP contribution is 2.50. The Balaban J connectivity index is 0.684. The Morgan fingerprint density at radius 2 is 1.75 bits per heavy atom. The molecule has 9 heterocycles. The number of fused-ring (bicyclic) bond motifs is 7. The van der Waals surface area contributed by atoms with Gasteiger partial charge in [0.2, 0.25) is 11.8 Å². The fourth-order valence-electron chi connectivity index (χ4n) is 11.9. The maximum Gasteiger partial charge on any atom is 0.401 e. The summed E-state index contributed by atoms with van der Waals surface area (Å²) in [6, 6.07) is 9.80. The molecule has 0 saturated carbocycles. The maximum absolute atomic E-state index is 13.9. The van der Waals surface area contributed by atoms with Crippen LogP contribution in [0.15, 0.2) is 42.6 Å². The molecule has 4 fully saturated rings. The molecule has 4 saturated heterocycles. The lowest BCUT2D eigenvalue weighted by Gasteiger charge is -2.47. The summed E-state index contributed by atoms with van der Waals surface area (Å²) in [4.78, 5) is 45.6. The zero-order valence-corrected chi connectivity index (χ0v) is 35.4. The minimum Gasteiger partial charge on any atom is -0.492 e. The van der Waals surface area contributed by atoms with Gasteiger partial charge < -0.3 is 24.2 Å². The topological polar surface area (TPSA) is 149 Å². The Kier molecular flexibility index (Phi) is 9.84. The summed E-state index contributed by atoms with van der Waals surface area (Å²) in [5, 5.41) is 19.7. The standard InChI is InChI=1S/C46H52F3N9O5/c1-27-20-31-29(3-5-35-32(31)21-50-52-35)40(58(27)25-46(47,48)49)36-6-8-38(54-53-36)56-18-14-45(15-19-56)11-10-28(24-63-45)22-55-16-12-44(13-17-55)26-62-41-33-23-57(37-7-9-39(59)51-42(37)60)43(61)30(33)2-4-34(41)44/h2-6,8,21,27-28,37,40H,7,9-20,22-26H2,1H3,(H,50,52)(H,51,59,60)/t27-,28?,37+,40+/m1/s1. The Morgan fingerprint density at radius 1 is 0.921 bits per heavy atom.